The summed E-state index contributed by atoms with van der Waals surface area (Å²) in [6, 6.07) is 1.87. The van der Waals surface area contributed by atoms with E-state index in [1.807, 2.05) is 84.1 Å². The highest BCUT2D eigenvalue weighted by atomic mass is 15.1. The fourth-order valence-electron chi connectivity index (χ4n) is 1.60. The third-order valence-corrected chi connectivity index (χ3v) is 2.55. The van der Waals surface area contributed by atoms with E-state index in [1.54, 1.807) is 18.3 Å². The molecule has 0 aliphatic heterocycles. The first-order chi connectivity index (χ1) is 13.6. The van der Waals surface area contributed by atoms with Gasteiger partial charge in [-0.05, 0) is 51.5 Å². The molecule has 1 N–H and O–H groups in total. The molecule has 1 aromatic rings. The normalized spacial score (nSPS) is 10.7. The zero-order chi connectivity index (χ0) is 22.2. The lowest BCUT2D eigenvalue weighted by molar-refractivity contribution is 1.09. The Balaban J connectivity index is -0.000000675. The molecule has 28 heavy (non-hydrogen) atoms. The van der Waals surface area contributed by atoms with Crippen LogP contribution in [-0.2, 0) is 0 Å². The molecule has 0 aromatic carbocycles. The van der Waals surface area contributed by atoms with Gasteiger partial charge in [0, 0.05) is 11.9 Å². The fourth-order valence-corrected chi connectivity index (χ4v) is 1.60. The summed E-state index contributed by atoms with van der Waals surface area (Å²) in [5.74, 6) is 0.567. The highest BCUT2D eigenvalue weighted by Gasteiger charge is 2.02. The van der Waals surface area contributed by atoms with Crippen LogP contribution in [0, 0.1) is 0 Å². The predicted molar refractivity (Wildman–Crippen MR) is 130 cm³/mol. The van der Waals surface area contributed by atoms with Crippen LogP contribution in [0.25, 0.3) is 5.57 Å². The topological polar surface area (TPSA) is 37.8 Å². The van der Waals surface area contributed by atoms with E-state index in [4.69, 9.17) is 0 Å². The lowest BCUT2D eigenvalue weighted by Crippen LogP contribution is -2.03. The van der Waals surface area contributed by atoms with Crippen molar-refractivity contribution in [1.82, 2.24) is 9.97 Å². The lowest BCUT2D eigenvalue weighted by Gasteiger charge is -2.07. The number of rotatable bonds is 6. The molecule has 1 rings (SSSR count). The van der Waals surface area contributed by atoms with Gasteiger partial charge in [-0.1, -0.05) is 77.2 Å². The van der Waals surface area contributed by atoms with E-state index >= 15 is 0 Å². The second-order valence-electron chi connectivity index (χ2n) is 5.10. The minimum Gasteiger partial charge on any atom is -0.324 e. The minimum absolute atomic E-state index is 0.567. The average molecular weight is 384 g/mol. The van der Waals surface area contributed by atoms with Crippen LogP contribution >= 0.6 is 0 Å². The number of anilines is 1. The van der Waals surface area contributed by atoms with Gasteiger partial charge in [0.05, 0.1) is 5.69 Å². The van der Waals surface area contributed by atoms with E-state index in [-0.39, 0.29) is 0 Å². The van der Waals surface area contributed by atoms with Crippen LogP contribution < -0.4 is 5.32 Å². The van der Waals surface area contributed by atoms with Crippen LogP contribution in [0.5, 0.6) is 0 Å². The second kappa shape index (κ2) is 24.3. The van der Waals surface area contributed by atoms with Gasteiger partial charge < -0.3 is 5.32 Å². The van der Waals surface area contributed by atoms with Gasteiger partial charge in [0.2, 0.25) is 5.95 Å². The van der Waals surface area contributed by atoms with Gasteiger partial charge in [-0.15, -0.1) is 6.58 Å². The van der Waals surface area contributed by atoms with Crippen molar-refractivity contribution in [3.05, 3.63) is 85.4 Å². The van der Waals surface area contributed by atoms with Crippen molar-refractivity contribution in [2.75, 3.05) is 5.32 Å². The van der Waals surface area contributed by atoms with Gasteiger partial charge in [-0.2, -0.15) is 0 Å². The maximum Gasteiger partial charge on any atom is 0.227 e. The number of hydrogen-bond donors (Lipinski definition) is 1. The lowest BCUT2D eigenvalue weighted by atomic mass is 10.2. The van der Waals surface area contributed by atoms with E-state index < -0.39 is 0 Å². The first-order valence-electron chi connectivity index (χ1n) is 10.00. The summed E-state index contributed by atoms with van der Waals surface area (Å²) in [4.78, 5) is 8.72. The molecule has 0 saturated carbocycles. The smallest absolute Gasteiger partial charge is 0.227 e. The molecule has 0 saturated heterocycles. The first-order valence-corrected chi connectivity index (χ1v) is 10.00. The van der Waals surface area contributed by atoms with Crippen LogP contribution in [0.3, 0.4) is 0 Å². The Bertz CT molecular complexity index is 620. The summed E-state index contributed by atoms with van der Waals surface area (Å²) in [6.07, 6.45) is 18.3. The van der Waals surface area contributed by atoms with Crippen molar-refractivity contribution in [2.24, 2.45) is 0 Å². The predicted octanol–water partition coefficient (Wildman–Crippen LogP) is 8.15. The van der Waals surface area contributed by atoms with Crippen molar-refractivity contribution < 1.29 is 0 Å². The third-order valence-electron chi connectivity index (χ3n) is 2.55. The molecule has 0 spiro atoms. The Morgan fingerprint density at radius 1 is 1.07 bits per heavy atom. The number of aromatic nitrogens is 2. The van der Waals surface area contributed by atoms with Crippen molar-refractivity contribution in [2.45, 2.75) is 61.8 Å². The molecule has 3 heteroatoms. The molecule has 0 radical (unpaired) electrons. The Labute approximate surface area is 174 Å². The van der Waals surface area contributed by atoms with Crippen LogP contribution in [-0.4, -0.2) is 9.97 Å². The van der Waals surface area contributed by atoms with Gasteiger partial charge in [0.15, 0.2) is 0 Å². The maximum atomic E-state index is 4.48. The van der Waals surface area contributed by atoms with Crippen molar-refractivity contribution in [3.63, 3.8) is 0 Å². The number of nitrogens with one attached hydrogen (secondary N) is 1. The summed E-state index contributed by atoms with van der Waals surface area (Å²) in [7, 11) is 0. The zero-order valence-corrected chi connectivity index (χ0v) is 19.3. The van der Waals surface area contributed by atoms with E-state index in [9.17, 15) is 0 Å². The molecule has 156 valence electrons. The summed E-state index contributed by atoms with van der Waals surface area (Å²) in [5.41, 5.74) is 2.77. The number of hydrogen-bond acceptors (Lipinski definition) is 3. The summed E-state index contributed by atoms with van der Waals surface area (Å²) < 4.78 is 0. The SMILES string of the molecule is C=C/C(=C\C)c1ccnc(NC(/C=C\C)=C/C=C\C)n1.C=CC.CC.CCC. The van der Waals surface area contributed by atoms with Gasteiger partial charge in [-0.3, -0.25) is 0 Å². The Hall–Kier alpha value is -2.68. The minimum atomic E-state index is 0.567. The fraction of sp³-hybridized carbons (Fsp3) is 0.360. The molecule has 1 aromatic heterocycles. The van der Waals surface area contributed by atoms with Crippen molar-refractivity contribution in [3.8, 4) is 0 Å². The molecular weight excluding hydrogens is 342 g/mol. The molecule has 0 bridgehead atoms. The molecule has 0 fully saturated rings. The molecule has 0 unspecified atom stereocenters. The first kappa shape index (κ1) is 30.1. The average Bonchev–Trinajstić information content (AvgIpc) is 2.70. The Kier molecular flexibility index (Phi) is 26.1. The highest BCUT2D eigenvalue weighted by Crippen LogP contribution is 2.14. The van der Waals surface area contributed by atoms with Gasteiger partial charge in [-0.25, -0.2) is 9.97 Å². The summed E-state index contributed by atoms with van der Waals surface area (Å²) >= 11 is 0. The molecule has 3 nitrogen and oxygen atoms in total. The van der Waals surface area contributed by atoms with E-state index in [0.717, 1.165) is 17.0 Å². The molecule has 0 aliphatic carbocycles. The van der Waals surface area contributed by atoms with Gasteiger partial charge in [0.1, 0.15) is 0 Å². The Morgan fingerprint density at radius 2 is 1.64 bits per heavy atom. The standard InChI is InChI=1S/C17H21N3.C3H8.C3H6.C2H6/c1-5-9-11-15(10-6-2)19-17-18-13-12-16(20-17)14(7-3)8-4;2*1-3-2;1-2/h5-13H,3H2,1-2,4H3,(H,18,19,20);3H2,1-2H3;3H,1H2,2H3;1-2H3/b9-5-,10-6-,14-8+,15-11+;;;. The van der Waals surface area contributed by atoms with Crippen LogP contribution in [0.1, 0.15) is 67.5 Å². The monoisotopic (exact) mass is 383 g/mol. The molecule has 0 aliphatic rings. The molecular formula is C25H41N3. The quantitative estimate of drug-likeness (QED) is 0.398. The zero-order valence-electron chi connectivity index (χ0n) is 19.3. The van der Waals surface area contributed by atoms with E-state index in [0.29, 0.717) is 5.95 Å². The maximum absolute atomic E-state index is 4.48. The van der Waals surface area contributed by atoms with Crippen molar-refractivity contribution in [1.29, 1.82) is 0 Å². The van der Waals surface area contributed by atoms with E-state index in [1.165, 1.54) is 6.42 Å². The molecule has 0 amide bonds. The largest absolute Gasteiger partial charge is 0.324 e. The van der Waals surface area contributed by atoms with Gasteiger partial charge in [0.25, 0.3) is 0 Å². The number of nitrogens with zero attached hydrogens (tertiary/aromatic N) is 2. The van der Waals surface area contributed by atoms with Gasteiger partial charge >= 0.3 is 0 Å². The second-order valence-corrected chi connectivity index (χ2v) is 5.10. The summed E-state index contributed by atoms with van der Waals surface area (Å²) in [6.45, 7) is 23.2. The highest BCUT2D eigenvalue weighted by molar-refractivity contribution is 5.71. The molecule has 1 heterocycles. The van der Waals surface area contributed by atoms with Crippen LogP contribution in [0.15, 0.2) is 79.7 Å². The number of allylic oxidation sites excluding steroid dienone is 9. The molecule has 0 atom stereocenters. The van der Waals surface area contributed by atoms with Crippen LogP contribution in [0.4, 0.5) is 5.95 Å². The third kappa shape index (κ3) is 16.8. The Morgan fingerprint density at radius 3 is 2.07 bits per heavy atom. The van der Waals surface area contributed by atoms with Crippen LogP contribution in [0.2, 0.25) is 0 Å². The van der Waals surface area contributed by atoms with Crippen molar-refractivity contribution >= 4 is 11.5 Å². The van der Waals surface area contributed by atoms with E-state index in [2.05, 4.69) is 42.3 Å². The summed E-state index contributed by atoms with van der Waals surface area (Å²) in [5, 5.41) is 3.20.